The highest BCUT2D eigenvalue weighted by molar-refractivity contribution is 6.20. The van der Waals surface area contributed by atoms with Gasteiger partial charge in [-0.2, -0.15) is 31.6 Å². The molecule has 9 heteroatoms. The predicted octanol–water partition coefficient (Wildman–Crippen LogP) is 8.65. The van der Waals surface area contributed by atoms with Crippen molar-refractivity contribution in [3.63, 3.8) is 0 Å². The summed E-state index contributed by atoms with van der Waals surface area (Å²) in [5, 5.41) is 11.2. The number of alkyl halides is 7. The number of nitrogens with zero attached hydrogens (tertiary/aromatic N) is 2. The van der Waals surface area contributed by atoms with Gasteiger partial charge in [0.1, 0.15) is 5.50 Å². The summed E-state index contributed by atoms with van der Waals surface area (Å²) in [4.78, 5) is 0. The van der Waals surface area contributed by atoms with E-state index >= 15 is 0 Å². The monoisotopic (exact) mass is 492 g/mol. The van der Waals surface area contributed by atoms with Crippen molar-refractivity contribution in [1.29, 1.82) is 5.26 Å². The smallest absolute Gasteiger partial charge is 0.324 e. The van der Waals surface area contributed by atoms with Crippen molar-refractivity contribution in [2.75, 3.05) is 0 Å². The van der Waals surface area contributed by atoms with Gasteiger partial charge in [-0.1, -0.05) is 35.9 Å². The van der Waals surface area contributed by atoms with E-state index in [0.29, 0.717) is 17.7 Å². The number of nitriles is 1. The van der Waals surface area contributed by atoms with Crippen LogP contribution in [-0.4, -0.2) is 4.57 Å². The van der Waals surface area contributed by atoms with Crippen molar-refractivity contribution in [2.24, 2.45) is 0 Å². The zero-order valence-corrected chi connectivity index (χ0v) is 18.2. The van der Waals surface area contributed by atoms with E-state index in [2.05, 4.69) is 0 Å². The number of rotatable bonds is 3. The van der Waals surface area contributed by atoms with Gasteiger partial charge in [-0.05, 0) is 60.5 Å². The van der Waals surface area contributed by atoms with Gasteiger partial charge in [0.25, 0.3) is 0 Å². The Labute approximate surface area is 195 Å². The van der Waals surface area contributed by atoms with Crippen molar-refractivity contribution < 1.29 is 26.3 Å². The predicted molar refractivity (Wildman–Crippen MR) is 120 cm³/mol. The number of fused-ring (bicyclic) bond motifs is 3. The summed E-state index contributed by atoms with van der Waals surface area (Å²) in [6, 6.07) is 15.4. The molecule has 4 aromatic rings. The van der Waals surface area contributed by atoms with E-state index in [9.17, 15) is 31.6 Å². The van der Waals surface area contributed by atoms with Crippen molar-refractivity contribution in [3.8, 4) is 6.07 Å². The second-order valence-electron chi connectivity index (χ2n) is 7.70. The van der Waals surface area contributed by atoms with Gasteiger partial charge in [0.2, 0.25) is 0 Å². The van der Waals surface area contributed by atoms with Crippen LogP contribution < -0.4 is 0 Å². The Morgan fingerprint density at radius 1 is 0.882 bits per heavy atom. The van der Waals surface area contributed by atoms with Crippen molar-refractivity contribution in [2.45, 2.75) is 24.8 Å². The SMILES string of the molecule is CC(Cl)n1c2ccccc2c2cc(/C=C(\C#N)c3cc(C(F)(F)F)cc(C(F)(F)F)c3)ccc21. The second-order valence-corrected chi connectivity index (χ2v) is 8.33. The summed E-state index contributed by atoms with van der Waals surface area (Å²) >= 11 is 6.36. The first-order valence-electron chi connectivity index (χ1n) is 9.98. The molecule has 0 N–H and O–H groups in total. The Bertz CT molecular complexity index is 1440. The Hall–Kier alpha value is -3.44. The Kier molecular flexibility index (Phi) is 5.86. The van der Waals surface area contributed by atoms with E-state index in [0.717, 1.165) is 21.8 Å². The van der Waals surface area contributed by atoms with Crippen LogP contribution in [0.1, 0.15) is 34.7 Å². The molecule has 4 rings (SSSR count). The van der Waals surface area contributed by atoms with Crippen LogP contribution in [-0.2, 0) is 12.4 Å². The van der Waals surface area contributed by atoms with Crippen LogP contribution in [0.2, 0.25) is 0 Å². The molecule has 0 aliphatic rings. The third-order valence-corrected chi connectivity index (χ3v) is 5.62. The maximum atomic E-state index is 13.2. The van der Waals surface area contributed by atoms with Crippen LogP contribution in [0.25, 0.3) is 33.5 Å². The molecule has 174 valence electrons. The lowest BCUT2D eigenvalue weighted by Gasteiger charge is -2.14. The third-order valence-electron chi connectivity index (χ3n) is 5.42. The zero-order chi connectivity index (χ0) is 24.8. The minimum Gasteiger partial charge on any atom is -0.324 e. The van der Waals surface area contributed by atoms with Crippen molar-refractivity contribution >= 4 is 45.1 Å². The molecular weight excluding hydrogens is 478 g/mol. The lowest BCUT2D eigenvalue weighted by Crippen LogP contribution is -2.11. The molecule has 0 saturated heterocycles. The number of aromatic nitrogens is 1. The van der Waals surface area contributed by atoms with Crippen LogP contribution in [0.3, 0.4) is 0 Å². The molecule has 0 fully saturated rings. The number of para-hydroxylation sites is 1. The molecule has 34 heavy (non-hydrogen) atoms. The summed E-state index contributed by atoms with van der Waals surface area (Å²) in [6.07, 6.45) is -8.74. The highest BCUT2D eigenvalue weighted by atomic mass is 35.5. The lowest BCUT2D eigenvalue weighted by molar-refractivity contribution is -0.143. The van der Waals surface area contributed by atoms with Gasteiger partial charge in [-0.3, -0.25) is 0 Å². The number of halogens is 7. The quantitative estimate of drug-likeness (QED) is 0.122. The summed E-state index contributed by atoms with van der Waals surface area (Å²) in [5.41, 5.74) is -2.01. The van der Waals surface area contributed by atoms with Crippen molar-refractivity contribution in [1.82, 2.24) is 4.57 Å². The number of allylic oxidation sites excluding steroid dienone is 1. The number of hydrogen-bond donors (Lipinski definition) is 0. The average Bonchev–Trinajstić information content (AvgIpc) is 3.10. The fourth-order valence-corrected chi connectivity index (χ4v) is 4.16. The van der Waals surface area contributed by atoms with E-state index < -0.39 is 29.0 Å². The van der Waals surface area contributed by atoms with Gasteiger partial charge in [-0.25, -0.2) is 0 Å². The van der Waals surface area contributed by atoms with Gasteiger partial charge >= 0.3 is 12.4 Å². The second kappa shape index (κ2) is 8.41. The van der Waals surface area contributed by atoms with Gasteiger partial charge in [-0.15, -0.1) is 0 Å². The van der Waals surface area contributed by atoms with Crippen LogP contribution in [0, 0.1) is 11.3 Å². The highest BCUT2D eigenvalue weighted by Gasteiger charge is 2.37. The molecule has 0 saturated carbocycles. The summed E-state index contributed by atoms with van der Waals surface area (Å²) < 4.78 is 81.3. The summed E-state index contributed by atoms with van der Waals surface area (Å²) in [7, 11) is 0. The fourth-order valence-electron chi connectivity index (χ4n) is 3.95. The molecule has 1 aromatic heterocycles. The highest BCUT2D eigenvalue weighted by Crippen LogP contribution is 2.38. The molecule has 3 aromatic carbocycles. The van der Waals surface area contributed by atoms with E-state index in [4.69, 9.17) is 11.6 Å². The van der Waals surface area contributed by atoms with E-state index in [-0.39, 0.29) is 17.1 Å². The standard InChI is InChI=1S/C25H15ClF6N2/c1-14(26)34-22-5-3-2-4-20(22)21-9-15(6-7-23(21)34)8-17(13-33)16-10-18(24(27,28)29)12-19(11-16)25(30,31)32/h2-12,14H,1H3/b17-8+. The van der Waals surface area contributed by atoms with Crippen LogP contribution in [0.15, 0.2) is 60.7 Å². The minimum absolute atomic E-state index is 0.0345. The molecular formula is C25H15ClF6N2. The molecule has 0 bridgehead atoms. The maximum Gasteiger partial charge on any atom is 0.416 e. The van der Waals surface area contributed by atoms with E-state index in [1.807, 2.05) is 28.8 Å². The summed E-state index contributed by atoms with van der Waals surface area (Å²) in [5.74, 6) is 0. The molecule has 1 atom stereocenters. The van der Waals surface area contributed by atoms with Crippen molar-refractivity contribution in [3.05, 3.63) is 82.9 Å². The number of hydrogen-bond acceptors (Lipinski definition) is 1. The molecule has 0 amide bonds. The molecule has 0 radical (unpaired) electrons. The van der Waals surface area contributed by atoms with Crippen LogP contribution >= 0.6 is 11.6 Å². The average molecular weight is 493 g/mol. The molecule has 2 nitrogen and oxygen atoms in total. The molecule has 0 aliphatic carbocycles. The third kappa shape index (κ3) is 4.36. The first-order valence-corrected chi connectivity index (χ1v) is 10.4. The van der Waals surface area contributed by atoms with Crippen LogP contribution in [0.4, 0.5) is 26.3 Å². The van der Waals surface area contributed by atoms with Gasteiger partial charge in [0, 0.05) is 10.8 Å². The fraction of sp³-hybridized carbons (Fsp3) is 0.160. The summed E-state index contributed by atoms with van der Waals surface area (Å²) in [6.45, 7) is 1.81. The molecule has 1 heterocycles. The Balaban J connectivity index is 1.91. The lowest BCUT2D eigenvalue weighted by atomic mass is 9.97. The van der Waals surface area contributed by atoms with E-state index in [1.165, 1.54) is 6.08 Å². The van der Waals surface area contributed by atoms with Gasteiger partial charge in [0.15, 0.2) is 0 Å². The van der Waals surface area contributed by atoms with Gasteiger partial charge in [0.05, 0.1) is 33.8 Å². The topological polar surface area (TPSA) is 28.7 Å². The minimum atomic E-state index is -5.00. The van der Waals surface area contributed by atoms with E-state index in [1.54, 1.807) is 31.2 Å². The molecule has 1 unspecified atom stereocenters. The zero-order valence-electron chi connectivity index (χ0n) is 17.5. The number of benzene rings is 3. The maximum absolute atomic E-state index is 13.2. The first-order chi connectivity index (χ1) is 15.9. The largest absolute Gasteiger partial charge is 0.416 e. The molecule has 0 spiro atoms. The molecule has 0 aliphatic heterocycles. The normalized spacial score (nSPS) is 13.9. The Morgan fingerprint density at radius 3 is 2.03 bits per heavy atom. The Morgan fingerprint density at radius 2 is 1.47 bits per heavy atom. The van der Waals surface area contributed by atoms with Crippen LogP contribution in [0.5, 0.6) is 0 Å². The first kappa shape index (κ1) is 23.7. The van der Waals surface area contributed by atoms with Gasteiger partial charge < -0.3 is 4.57 Å².